The molecule has 0 aliphatic rings. The standard InChI is InChI=1S/C13H19NO5S/c1-3-19-13(15)11-5-7-12(8-6-11)14-20(16,17)10-4-9-18-2/h5-8,14H,3-4,9-10H2,1-2H3. The summed E-state index contributed by atoms with van der Waals surface area (Å²) in [5.74, 6) is -0.442. The van der Waals surface area contributed by atoms with Crippen LogP contribution in [0.25, 0.3) is 0 Å². The van der Waals surface area contributed by atoms with E-state index in [0.29, 0.717) is 30.9 Å². The highest BCUT2D eigenvalue weighted by molar-refractivity contribution is 7.92. The monoisotopic (exact) mass is 301 g/mol. The molecule has 0 fully saturated rings. The van der Waals surface area contributed by atoms with E-state index in [0.717, 1.165) is 0 Å². The topological polar surface area (TPSA) is 81.7 Å². The van der Waals surface area contributed by atoms with E-state index in [-0.39, 0.29) is 5.75 Å². The number of ether oxygens (including phenoxy) is 2. The molecule has 1 N–H and O–H groups in total. The Morgan fingerprint density at radius 2 is 1.90 bits per heavy atom. The summed E-state index contributed by atoms with van der Waals surface area (Å²) in [7, 11) is -1.87. The van der Waals surface area contributed by atoms with Crippen LogP contribution in [0.5, 0.6) is 0 Å². The summed E-state index contributed by atoms with van der Waals surface area (Å²) in [6, 6.07) is 6.09. The van der Waals surface area contributed by atoms with Gasteiger partial charge < -0.3 is 9.47 Å². The lowest BCUT2D eigenvalue weighted by molar-refractivity contribution is 0.0526. The van der Waals surface area contributed by atoms with Crippen LogP contribution >= 0.6 is 0 Å². The van der Waals surface area contributed by atoms with Crippen molar-refractivity contribution in [3.8, 4) is 0 Å². The van der Waals surface area contributed by atoms with Crippen molar-refractivity contribution in [3.63, 3.8) is 0 Å². The van der Waals surface area contributed by atoms with Gasteiger partial charge in [-0.1, -0.05) is 0 Å². The molecule has 20 heavy (non-hydrogen) atoms. The van der Waals surface area contributed by atoms with Crippen molar-refractivity contribution in [2.75, 3.05) is 30.8 Å². The molecule has 0 bridgehead atoms. The third-order valence-corrected chi connectivity index (χ3v) is 3.80. The van der Waals surface area contributed by atoms with E-state index in [1.165, 1.54) is 31.4 Å². The van der Waals surface area contributed by atoms with Crippen LogP contribution in [0.2, 0.25) is 0 Å². The zero-order valence-corrected chi connectivity index (χ0v) is 12.4. The number of esters is 1. The second kappa shape index (κ2) is 7.86. The molecular weight excluding hydrogens is 282 g/mol. The molecule has 7 heteroatoms. The van der Waals surface area contributed by atoms with Gasteiger partial charge in [-0.05, 0) is 37.6 Å². The third-order valence-electron chi connectivity index (χ3n) is 2.43. The van der Waals surface area contributed by atoms with Gasteiger partial charge in [0.1, 0.15) is 0 Å². The van der Waals surface area contributed by atoms with Crippen LogP contribution < -0.4 is 4.72 Å². The molecule has 112 valence electrons. The molecule has 0 aromatic heterocycles. The lowest BCUT2D eigenvalue weighted by Crippen LogP contribution is -2.17. The summed E-state index contributed by atoms with van der Waals surface area (Å²) in [6.07, 6.45) is 0.423. The van der Waals surface area contributed by atoms with Gasteiger partial charge in [-0.2, -0.15) is 0 Å². The van der Waals surface area contributed by atoms with Crippen LogP contribution in [-0.2, 0) is 19.5 Å². The Morgan fingerprint density at radius 3 is 2.45 bits per heavy atom. The van der Waals surface area contributed by atoms with Crippen LogP contribution in [0.15, 0.2) is 24.3 Å². The normalized spacial score (nSPS) is 11.1. The highest BCUT2D eigenvalue weighted by atomic mass is 32.2. The predicted octanol–water partition coefficient (Wildman–Crippen LogP) is 1.64. The highest BCUT2D eigenvalue weighted by Crippen LogP contribution is 2.12. The maximum absolute atomic E-state index is 11.7. The fourth-order valence-corrected chi connectivity index (χ4v) is 2.61. The first kappa shape index (κ1) is 16.5. The molecule has 0 atom stereocenters. The van der Waals surface area contributed by atoms with Gasteiger partial charge in [0.15, 0.2) is 0 Å². The minimum Gasteiger partial charge on any atom is -0.462 e. The van der Waals surface area contributed by atoms with E-state index in [4.69, 9.17) is 9.47 Å². The molecule has 0 unspecified atom stereocenters. The van der Waals surface area contributed by atoms with Crippen molar-refractivity contribution in [1.82, 2.24) is 0 Å². The Bertz CT molecular complexity index is 524. The van der Waals surface area contributed by atoms with Crippen molar-refractivity contribution < 1.29 is 22.7 Å². The number of methoxy groups -OCH3 is 1. The first-order chi connectivity index (χ1) is 9.48. The van der Waals surface area contributed by atoms with E-state index in [2.05, 4.69) is 4.72 Å². The molecule has 1 aromatic carbocycles. The molecule has 0 amide bonds. The number of hydrogen-bond donors (Lipinski definition) is 1. The van der Waals surface area contributed by atoms with E-state index >= 15 is 0 Å². The number of nitrogens with one attached hydrogen (secondary N) is 1. The van der Waals surface area contributed by atoms with Crippen molar-refractivity contribution in [2.24, 2.45) is 0 Å². The van der Waals surface area contributed by atoms with Gasteiger partial charge in [0.05, 0.1) is 17.9 Å². The molecule has 0 heterocycles. The Morgan fingerprint density at radius 1 is 1.25 bits per heavy atom. The summed E-state index contributed by atoms with van der Waals surface area (Å²) in [5, 5.41) is 0. The molecular formula is C13H19NO5S. The van der Waals surface area contributed by atoms with Crippen LogP contribution in [-0.4, -0.2) is 40.5 Å². The quantitative estimate of drug-likeness (QED) is 0.583. The second-order valence-electron chi connectivity index (χ2n) is 4.07. The molecule has 0 spiro atoms. The van der Waals surface area contributed by atoms with Crippen LogP contribution in [0.3, 0.4) is 0 Å². The molecule has 0 aliphatic heterocycles. The number of carbonyl (C=O) groups is 1. The maximum Gasteiger partial charge on any atom is 0.338 e. The van der Waals surface area contributed by atoms with E-state index in [1.807, 2.05) is 0 Å². The van der Waals surface area contributed by atoms with Gasteiger partial charge in [0, 0.05) is 19.4 Å². The largest absolute Gasteiger partial charge is 0.462 e. The fraction of sp³-hybridized carbons (Fsp3) is 0.462. The first-order valence-electron chi connectivity index (χ1n) is 6.25. The summed E-state index contributed by atoms with van der Waals surface area (Å²) < 4.78 is 35.6. The van der Waals surface area contributed by atoms with Gasteiger partial charge in [-0.3, -0.25) is 4.72 Å². The SMILES string of the molecule is CCOC(=O)c1ccc(NS(=O)(=O)CCCOC)cc1. The minimum atomic E-state index is -3.40. The highest BCUT2D eigenvalue weighted by Gasteiger charge is 2.11. The van der Waals surface area contributed by atoms with Gasteiger partial charge in [-0.15, -0.1) is 0 Å². The van der Waals surface area contributed by atoms with Gasteiger partial charge in [-0.25, -0.2) is 13.2 Å². The Hall–Kier alpha value is -1.60. The Labute approximate surface area is 119 Å². The summed E-state index contributed by atoms with van der Waals surface area (Å²) >= 11 is 0. The average molecular weight is 301 g/mol. The summed E-state index contributed by atoms with van der Waals surface area (Å²) in [5.41, 5.74) is 0.796. The van der Waals surface area contributed by atoms with Crippen molar-refractivity contribution >= 4 is 21.7 Å². The lowest BCUT2D eigenvalue weighted by atomic mass is 10.2. The van der Waals surface area contributed by atoms with Gasteiger partial charge >= 0.3 is 5.97 Å². The molecule has 0 radical (unpaired) electrons. The summed E-state index contributed by atoms with van der Waals surface area (Å²) in [4.78, 5) is 11.4. The minimum absolute atomic E-state index is 0.0134. The molecule has 0 aliphatic carbocycles. The number of benzene rings is 1. The zero-order valence-electron chi connectivity index (χ0n) is 11.6. The number of sulfonamides is 1. The van der Waals surface area contributed by atoms with Crippen LogP contribution in [0.1, 0.15) is 23.7 Å². The molecule has 1 aromatic rings. The molecule has 0 saturated heterocycles. The van der Waals surface area contributed by atoms with Crippen molar-refractivity contribution in [3.05, 3.63) is 29.8 Å². The summed E-state index contributed by atoms with van der Waals surface area (Å²) in [6.45, 7) is 2.41. The Balaban J connectivity index is 2.63. The number of anilines is 1. The number of carbonyl (C=O) groups excluding carboxylic acids is 1. The Kier molecular flexibility index (Phi) is 6.47. The van der Waals surface area contributed by atoms with Crippen molar-refractivity contribution in [2.45, 2.75) is 13.3 Å². The van der Waals surface area contributed by atoms with Crippen LogP contribution in [0, 0.1) is 0 Å². The second-order valence-corrected chi connectivity index (χ2v) is 5.91. The van der Waals surface area contributed by atoms with E-state index < -0.39 is 16.0 Å². The first-order valence-corrected chi connectivity index (χ1v) is 7.90. The van der Waals surface area contributed by atoms with Crippen LogP contribution in [0.4, 0.5) is 5.69 Å². The predicted molar refractivity (Wildman–Crippen MR) is 76.3 cm³/mol. The van der Waals surface area contributed by atoms with Crippen molar-refractivity contribution in [1.29, 1.82) is 0 Å². The smallest absolute Gasteiger partial charge is 0.338 e. The average Bonchev–Trinajstić information content (AvgIpc) is 2.39. The van der Waals surface area contributed by atoms with E-state index in [9.17, 15) is 13.2 Å². The zero-order chi connectivity index (χ0) is 15.0. The third kappa shape index (κ3) is 5.58. The fourth-order valence-electron chi connectivity index (χ4n) is 1.51. The van der Waals surface area contributed by atoms with Gasteiger partial charge in [0.2, 0.25) is 10.0 Å². The molecule has 1 rings (SSSR count). The maximum atomic E-state index is 11.7. The molecule has 6 nitrogen and oxygen atoms in total. The van der Waals surface area contributed by atoms with Gasteiger partial charge in [0.25, 0.3) is 0 Å². The number of rotatable bonds is 8. The molecule has 0 saturated carbocycles. The number of hydrogen-bond acceptors (Lipinski definition) is 5. The lowest BCUT2D eigenvalue weighted by Gasteiger charge is -2.08. The van der Waals surface area contributed by atoms with E-state index in [1.54, 1.807) is 6.92 Å².